The van der Waals surface area contributed by atoms with E-state index < -0.39 is 9.84 Å². The maximum absolute atomic E-state index is 11.9. The molecule has 1 aromatic carbocycles. The van der Waals surface area contributed by atoms with Crippen molar-refractivity contribution < 1.29 is 13.3 Å². The highest BCUT2D eigenvalue weighted by atomic mass is 32.2. The van der Waals surface area contributed by atoms with E-state index >= 15 is 0 Å². The highest BCUT2D eigenvalue weighted by molar-refractivity contribution is 8.07. The van der Waals surface area contributed by atoms with E-state index in [2.05, 4.69) is 5.16 Å². The van der Waals surface area contributed by atoms with Crippen molar-refractivity contribution >= 4 is 36.3 Å². The predicted molar refractivity (Wildman–Crippen MR) is 68.1 cm³/mol. The molecule has 0 N–H and O–H groups in total. The number of benzene rings is 1. The van der Waals surface area contributed by atoms with Gasteiger partial charge in [-0.2, -0.15) is 0 Å². The third-order valence-electron chi connectivity index (χ3n) is 2.52. The normalized spacial score (nSPS) is 18.7. The first-order valence-corrected chi connectivity index (χ1v) is 7.55. The summed E-state index contributed by atoms with van der Waals surface area (Å²) in [6.45, 7) is 0.136. The van der Waals surface area contributed by atoms with Gasteiger partial charge in [-0.1, -0.05) is 23.4 Å². The highest BCUT2D eigenvalue weighted by Crippen LogP contribution is 2.28. The lowest BCUT2D eigenvalue weighted by Crippen LogP contribution is -2.25. The van der Waals surface area contributed by atoms with Crippen LogP contribution in [0.5, 0.6) is 0 Å². The van der Waals surface area contributed by atoms with Gasteiger partial charge in [0.25, 0.3) is 0 Å². The minimum Gasteiger partial charge on any atom is -0.394 e. The Kier molecular flexibility index (Phi) is 2.41. The fraction of sp³-hybridized carbons (Fsp3) is 0.182. The SMILES string of the molecule is O=S1(=O)CCON=C1c1cc2ccccc2s1. The number of thiophene rings is 1. The number of sulfone groups is 1. The molecule has 0 saturated carbocycles. The van der Waals surface area contributed by atoms with Gasteiger partial charge in [-0.3, -0.25) is 0 Å². The Hall–Kier alpha value is -1.40. The maximum Gasteiger partial charge on any atom is 0.211 e. The van der Waals surface area contributed by atoms with E-state index in [0.717, 1.165) is 10.1 Å². The summed E-state index contributed by atoms with van der Waals surface area (Å²) in [4.78, 5) is 5.53. The van der Waals surface area contributed by atoms with Crippen molar-refractivity contribution in [1.82, 2.24) is 0 Å². The summed E-state index contributed by atoms with van der Waals surface area (Å²) < 4.78 is 24.8. The first-order valence-electron chi connectivity index (χ1n) is 5.08. The number of fused-ring (bicyclic) bond motifs is 1. The lowest BCUT2D eigenvalue weighted by molar-refractivity contribution is 0.158. The second-order valence-electron chi connectivity index (χ2n) is 3.70. The summed E-state index contributed by atoms with van der Waals surface area (Å²) >= 11 is 1.42. The third-order valence-corrected chi connectivity index (χ3v) is 5.36. The van der Waals surface area contributed by atoms with Gasteiger partial charge in [0.15, 0.2) is 0 Å². The lowest BCUT2D eigenvalue weighted by atomic mass is 10.2. The smallest absolute Gasteiger partial charge is 0.211 e. The highest BCUT2D eigenvalue weighted by Gasteiger charge is 2.27. The molecule has 0 fully saturated rings. The Balaban J connectivity index is 2.18. The summed E-state index contributed by atoms with van der Waals surface area (Å²) in [6.07, 6.45) is 0. The Bertz CT molecular complexity index is 667. The second-order valence-corrected chi connectivity index (χ2v) is 6.81. The number of hydrogen-bond acceptors (Lipinski definition) is 5. The van der Waals surface area contributed by atoms with Crippen LogP contribution in [0.2, 0.25) is 0 Å². The van der Waals surface area contributed by atoms with Crippen LogP contribution in [0.4, 0.5) is 0 Å². The maximum atomic E-state index is 11.9. The zero-order valence-electron chi connectivity index (χ0n) is 8.79. The summed E-state index contributed by atoms with van der Waals surface area (Å²) in [5.41, 5.74) is 0. The topological polar surface area (TPSA) is 55.7 Å². The van der Waals surface area contributed by atoms with Gasteiger partial charge < -0.3 is 4.84 Å². The predicted octanol–water partition coefficient (Wildman–Crippen LogP) is 2.01. The molecule has 6 heteroatoms. The Morgan fingerprint density at radius 3 is 2.88 bits per heavy atom. The average Bonchev–Trinajstić information content (AvgIpc) is 2.71. The van der Waals surface area contributed by atoms with Gasteiger partial charge in [-0.25, -0.2) is 8.42 Å². The van der Waals surface area contributed by atoms with Gasteiger partial charge >= 0.3 is 0 Å². The minimum atomic E-state index is -3.29. The van der Waals surface area contributed by atoms with Crippen LogP contribution in [0.25, 0.3) is 10.1 Å². The summed E-state index contributed by atoms with van der Waals surface area (Å²) in [7, 11) is -3.29. The molecule has 3 rings (SSSR count). The van der Waals surface area contributed by atoms with E-state index in [1.165, 1.54) is 11.3 Å². The van der Waals surface area contributed by atoms with Gasteiger partial charge in [0.05, 0.1) is 10.6 Å². The first kappa shape index (κ1) is 10.7. The molecule has 0 radical (unpaired) electrons. The van der Waals surface area contributed by atoms with Crippen LogP contribution in [0.3, 0.4) is 0 Å². The van der Waals surface area contributed by atoms with Crippen molar-refractivity contribution in [2.24, 2.45) is 5.16 Å². The molecule has 0 aliphatic carbocycles. The van der Waals surface area contributed by atoms with E-state index in [0.29, 0.717) is 4.88 Å². The molecule has 2 aromatic rings. The molecule has 4 nitrogen and oxygen atoms in total. The zero-order chi connectivity index (χ0) is 11.9. The van der Waals surface area contributed by atoms with E-state index in [-0.39, 0.29) is 17.4 Å². The van der Waals surface area contributed by atoms with Crippen molar-refractivity contribution in [2.75, 3.05) is 12.4 Å². The Morgan fingerprint density at radius 2 is 2.12 bits per heavy atom. The number of oxime groups is 1. The van der Waals surface area contributed by atoms with Gasteiger partial charge in [-0.05, 0) is 17.5 Å². The van der Waals surface area contributed by atoms with Crippen LogP contribution >= 0.6 is 11.3 Å². The number of hydrogen-bond donors (Lipinski definition) is 0. The van der Waals surface area contributed by atoms with Crippen LogP contribution in [0.1, 0.15) is 4.88 Å². The largest absolute Gasteiger partial charge is 0.394 e. The van der Waals surface area contributed by atoms with Gasteiger partial charge in [-0.15, -0.1) is 11.3 Å². The van der Waals surface area contributed by atoms with Gasteiger partial charge in [0.2, 0.25) is 14.9 Å². The molecule has 1 aromatic heterocycles. The summed E-state index contributed by atoms with van der Waals surface area (Å²) in [5.74, 6) is 0.0000779. The van der Waals surface area contributed by atoms with Crippen LogP contribution in [0.15, 0.2) is 35.5 Å². The molecule has 0 unspecified atom stereocenters. The molecule has 1 aliphatic rings. The zero-order valence-corrected chi connectivity index (χ0v) is 10.4. The van der Waals surface area contributed by atoms with E-state index in [1.807, 2.05) is 30.3 Å². The van der Waals surface area contributed by atoms with Gasteiger partial charge in [0, 0.05) is 4.70 Å². The molecule has 88 valence electrons. The second kappa shape index (κ2) is 3.82. The molecule has 0 bridgehead atoms. The number of rotatable bonds is 1. The molecular weight excluding hydrogens is 258 g/mol. The Labute approximate surface area is 102 Å². The van der Waals surface area contributed by atoms with Crippen LogP contribution < -0.4 is 0 Å². The van der Waals surface area contributed by atoms with Crippen molar-refractivity contribution in [2.45, 2.75) is 0 Å². The fourth-order valence-electron chi connectivity index (χ4n) is 1.69. The Morgan fingerprint density at radius 1 is 1.29 bits per heavy atom. The summed E-state index contributed by atoms with van der Waals surface area (Å²) in [6, 6.07) is 9.60. The van der Waals surface area contributed by atoms with E-state index in [9.17, 15) is 8.42 Å². The first-order chi connectivity index (χ1) is 8.17. The van der Waals surface area contributed by atoms with E-state index in [4.69, 9.17) is 4.84 Å². The summed E-state index contributed by atoms with van der Waals surface area (Å²) in [5, 5.41) is 4.77. The standard InChI is InChI=1S/C11H9NO3S2/c13-17(14)6-5-15-12-11(17)10-7-8-3-1-2-4-9(8)16-10/h1-4,7H,5-6H2. The van der Waals surface area contributed by atoms with Crippen LogP contribution in [-0.2, 0) is 14.7 Å². The molecule has 0 saturated heterocycles. The van der Waals surface area contributed by atoms with Crippen LogP contribution in [0, 0.1) is 0 Å². The van der Waals surface area contributed by atoms with Crippen molar-refractivity contribution in [3.05, 3.63) is 35.2 Å². The van der Waals surface area contributed by atoms with Crippen molar-refractivity contribution in [3.8, 4) is 0 Å². The van der Waals surface area contributed by atoms with Crippen molar-refractivity contribution in [3.63, 3.8) is 0 Å². The molecule has 1 aliphatic heterocycles. The van der Waals surface area contributed by atoms with Gasteiger partial charge in [0.1, 0.15) is 6.61 Å². The lowest BCUT2D eigenvalue weighted by Gasteiger charge is -2.10. The quantitative estimate of drug-likeness (QED) is 0.794. The van der Waals surface area contributed by atoms with Crippen molar-refractivity contribution in [1.29, 1.82) is 0 Å². The molecule has 2 heterocycles. The molecule has 17 heavy (non-hydrogen) atoms. The van der Waals surface area contributed by atoms with Crippen LogP contribution in [-0.4, -0.2) is 25.8 Å². The molecular formula is C11H9NO3S2. The van der Waals surface area contributed by atoms with E-state index in [1.54, 1.807) is 0 Å². The molecule has 0 atom stereocenters. The average molecular weight is 267 g/mol. The minimum absolute atomic E-state index is 0.0000779. The monoisotopic (exact) mass is 267 g/mol. The number of nitrogens with zero attached hydrogens (tertiary/aromatic N) is 1. The fourth-order valence-corrected chi connectivity index (χ4v) is 4.15. The molecule has 0 spiro atoms. The third kappa shape index (κ3) is 1.83. The molecule has 0 amide bonds.